The van der Waals surface area contributed by atoms with Gasteiger partial charge in [-0.25, -0.2) is 0 Å². The fourth-order valence-corrected chi connectivity index (χ4v) is 11.0. The van der Waals surface area contributed by atoms with Gasteiger partial charge in [-0.05, 0) is 105 Å². The maximum absolute atomic E-state index is 2.73. The van der Waals surface area contributed by atoms with Crippen molar-refractivity contribution < 1.29 is 0 Å². The average Bonchev–Trinajstić information content (AvgIpc) is 3.53. The van der Waals surface area contributed by atoms with E-state index in [2.05, 4.69) is 67.9 Å². The third-order valence-corrected chi connectivity index (χ3v) is 12.9. The highest BCUT2D eigenvalue weighted by atomic mass is 14.7. The van der Waals surface area contributed by atoms with Crippen LogP contribution in [0.3, 0.4) is 0 Å². The highest BCUT2D eigenvalue weighted by molar-refractivity contribution is 5.54. The fourth-order valence-electron chi connectivity index (χ4n) is 11.0. The monoisotopic (exact) mass is 595 g/mol. The number of allylic oxidation sites excluding steroid dienone is 4. The number of hydrogen-bond donors (Lipinski definition) is 0. The van der Waals surface area contributed by atoms with Crippen LogP contribution < -0.4 is 0 Å². The summed E-state index contributed by atoms with van der Waals surface area (Å²) in [6, 6.07) is 0. The van der Waals surface area contributed by atoms with E-state index in [-0.39, 0.29) is 0 Å². The summed E-state index contributed by atoms with van der Waals surface area (Å²) in [5, 5.41) is 0. The summed E-state index contributed by atoms with van der Waals surface area (Å²) < 4.78 is 0. The zero-order valence-electron chi connectivity index (χ0n) is 31.2. The molecule has 0 nitrogen and oxygen atoms in total. The third-order valence-electron chi connectivity index (χ3n) is 12.9. The standard InChI is InChI=1S/C43H78/c1-10-14-17-24-31-42(34(7)8)41(36-25-22-23-26-36)38(29-19-15-11-2)40(35(9)13-4)39(32-33(5)6)43(42,30-16-12-3)37-27-20-18-21-28-37/h33-37H,10-32H2,1-9H3. The highest BCUT2D eigenvalue weighted by Crippen LogP contribution is 2.72. The Labute approximate surface area is 272 Å². The van der Waals surface area contributed by atoms with Gasteiger partial charge < -0.3 is 0 Å². The molecule has 3 aliphatic rings. The predicted octanol–water partition coefficient (Wildman–Crippen LogP) is 14.8. The van der Waals surface area contributed by atoms with Crippen molar-refractivity contribution in [3.63, 3.8) is 0 Å². The molecule has 250 valence electrons. The Morgan fingerprint density at radius 2 is 1.26 bits per heavy atom. The first-order valence-corrected chi connectivity index (χ1v) is 20.2. The lowest BCUT2D eigenvalue weighted by molar-refractivity contribution is -0.0470. The molecule has 3 rings (SSSR count). The largest absolute Gasteiger partial charge is 0.0654 e. The smallest absolute Gasteiger partial charge is 0.00426 e. The van der Waals surface area contributed by atoms with Crippen molar-refractivity contribution >= 4 is 0 Å². The van der Waals surface area contributed by atoms with E-state index >= 15 is 0 Å². The second-order valence-electron chi connectivity index (χ2n) is 16.5. The molecule has 0 N–H and O–H groups in total. The van der Waals surface area contributed by atoms with E-state index in [1.165, 1.54) is 148 Å². The van der Waals surface area contributed by atoms with Crippen molar-refractivity contribution in [2.75, 3.05) is 0 Å². The summed E-state index contributed by atoms with van der Waals surface area (Å²) in [7, 11) is 0. The SMILES string of the molecule is CCCCCCC1(C(C)C)C(C2CCCC2)=C(CCCCC)C(C(C)CC)=C(CC(C)C)C1(CCCC)C1CCCCC1. The quantitative estimate of drug-likeness (QED) is 0.130. The molecular weight excluding hydrogens is 516 g/mol. The molecule has 0 aromatic rings. The van der Waals surface area contributed by atoms with Crippen LogP contribution in [0, 0.1) is 40.4 Å². The minimum absolute atomic E-state index is 0.343. The minimum atomic E-state index is 0.343. The van der Waals surface area contributed by atoms with Crippen molar-refractivity contribution in [3.8, 4) is 0 Å². The zero-order chi connectivity index (χ0) is 31.5. The number of hydrogen-bond acceptors (Lipinski definition) is 0. The molecule has 0 bridgehead atoms. The van der Waals surface area contributed by atoms with Gasteiger partial charge in [-0.15, -0.1) is 0 Å². The summed E-state index contributed by atoms with van der Waals surface area (Å²) in [6.07, 6.45) is 32.7. The van der Waals surface area contributed by atoms with E-state index in [0.717, 1.165) is 17.8 Å². The van der Waals surface area contributed by atoms with E-state index in [1.54, 1.807) is 0 Å². The van der Waals surface area contributed by atoms with E-state index < -0.39 is 0 Å². The summed E-state index contributed by atoms with van der Waals surface area (Å²) >= 11 is 0. The molecule has 43 heavy (non-hydrogen) atoms. The van der Waals surface area contributed by atoms with Gasteiger partial charge in [0, 0.05) is 10.8 Å². The molecule has 0 amide bonds. The predicted molar refractivity (Wildman–Crippen MR) is 194 cm³/mol. The molecule has 0 aromatic heterocycles. The number of rotatable bonds is 19. The molecule has 2 saturated carbocycles. The Hall–Kier alpha value is -0.520. The van der Waals surface area contributed by atoms with Crippen molar-refractivity contribution in [2.24, 2.45) is 40.4 Å². The van der Waals surface area contributed by atoms with E-state index in [0.29, 0.717) is 22.7 Å². The van der Waals surface area contributed by atoms with Gasteiger partial charge in [0.25, 0.3) is 0 Å². The first-order valence-electron chi connectivity index (χ1n) is 20.2. The molecule has 3 unspecified atom stereocenters. The zero-order valence-corrected chi connectivity index (χ0v) is 31.2. The van der Waals surface area contributed by atoms with Crippen LogP contribution in [0.25, 0.3) is 0 Å². The Morgan fingerprint density at radius 1 is 0.651 bits per heavy atom. The van der Waals surface area contributed by atoms with Gasteiger partial charge >= 0.3 is 0 Å². The normalized spacial score (nSPS) is 26.9. The molecule has 0 spiro atoms. The van der Waals surface area contributed by atoms with Crippen molar-refractivity contribution in [3.05, 3.63) is 22.3 Å². The number of unbranched alkanes of at least 4 members (excludes halogenated alkanes) is 6. The molecule has 3 atom stereocenters. The Morgan fingerprint density at radius 3 is 1.81 bits per heavy atom. The van der Waals surface area contributed by atoms with E-state index in [4.69, 9.17) is 0 Å². The van der Waals surface area contributed by atoms with Crippen LogP contribution in [0.5, 0.6) is 0 Å². The van der Waals surface area contributed by atoms with E-state index in [1.807, 2.05) is 16.7 Å². The van der Waals surface area contributed by atoms with Crippen molar-refractivity contribution in [1.29, 1.82) is 0 Å². The van der Waals surface area contributed by atoms with Gasteiger partial charge in [-0.1, -0.05) is 157 Å². The Bertz CT molecular complexity index is 856. The molecule has 3 aliphatic carbocycles. The molecular formula is C43H78. The molecule has 0 aromatic carbocycles. The lowest BCUT2D eigenvalue weighted by Crippen LogP contribution is -2.57. The maximum atomic E-state index is 2.73. The van der Waals surface area contributed by atoms with Crippen LogP contribution in [0.15, 0.2) is 22.3 Å². The van der Waals surface area contributed by atoms with Gasteiger partial charge in [0.15, 0.2) is 0 Å². The topological polar surface area (TPSA) is 0 Å². The molecule has 0 saturated heterocycles. The van der Waals surface area contributed by atoms with Gasteiger partial charge in [0.2, 0.25) is 0 Å². The maximum Gasteiger partial charge on any atom is 0.00426 e. The van der Waals surface area contributed by atoms with Crippen molar-refractivity contribution in [1.82, 2.24) is 0 Å². The summed E-state index contributed by atoms with van der Waals surface area (Å²) in [6.45, 7) is 23.0. The summed E-state index contributed by atoms with van der Waals surface area (Å²) in [4.78, 5) is 0. The van der Waals surface area contributed by atoms with Gasteiger partial charge in [-0.3, -0.25) is 0 Å². The van der Waals surface area contributed by atoms with E-state index in [9.17, 15) is 0 Å². The Kier molecular flexibility index (Phi) is 15.4. The molecule has 0 radical (unpaired) electrons. The van der Waals surface area contributed by atoms with Crippen LogP contribution in [-0.4, -0.2) is 0 Å². The highest BCUT2D eigenvalue weighted by Gasteiger charge is 2.63. The third kappa shape index (κ3) is 7.90. The van der Waals surface area contributed by atoms with Gasteiger partial charge in [0.05, 0.1) is 0 Å². The lowest BCUT2D eigenvalue weighted by atomic mass is 9.38. The fraction of sp³-hybridized carbons (Fsp3) is 0.907. The van der Waals surface area contributed by atoms with Crippen molar-refractivity contribution in [2.45, 2.75) is 210 Å². The Balaban J connectivity index is 2.53. The van der Waals surface area contributed by atoms with Crippen LogP contribution in [0.4, 0.5) is 0 Å². The lowest BCUT2D eigenvalue weighted by Gasteiger charge is -2.65. The summed E-state index contributed by atoms with van der Waals surface area (Å²) in [5.74, 6) is 3.85. The average molecular weight is 595 g/mol. The van der Waals surface area contributed by atoms with Crippen LogP contribution in [-0.2, 0) is 0 Å². The second kappa shape index (κ2) is 18.0. The first kappa shape index (κ1) is 36.9. The second-order valence-corrected chi connectivity index (χ2v) is 16.5. The molecule has 0 heteroatoms. The van der Waals surface area contributed by atoms with Gasteiger partial charge in [0.1, 0.15) is 0 Å². The molecule has 0 heterocycles. The summed E-state index contributed by atoms with van der Waals surface area (Å²) in [5.41, 5.74) is 8.74. The first-order chi connectivity index (χ1) is 20.8. The van der Waals surface area contributed by atoms with Crippen LogP contribution >= 0.6 is 0 Å². The van der Waals surface area contributed by atoms with Gasteiger partial charge in [-0.2, -0.15) is 0 Å². The molecule has 0 aliphatic heterocycles. The van der Waals surface area contributed by atoms with Crippen LogP contribution in [0.2, 0.25) is 0 Å². The van der Waals surface area contributed by atoms with Crippen LogP contribution in [0.1, 0.15) is 210 Å². The molecule has 2 fully saturated rings. The minimum Gasteiger partial charge on any atom is -0.0654 e.